The maximum absolute atomic E-state index is 5.72. The van der Waals surface area contributed by atoms with Crippen molar-refractivity contribution in [1.29, 1.82) is 0 Å². The van der Waals surface area contributed by atoms with Gasteiger partial charge in [0.2, 0.25) is 5.95 Å². The molecule has 0 radical (unpaired) electrons. The van der Waals surface area contributed by atoms with E-state index in [4.69, 9.17) is 5.73 Å². The van der Waals surface area contributed by atoms with Crippen LogP contribution in [0.3, 0.4) is 0 Å². The minimum absolute atomic E-state index is 0.197. The van der Waals surface area contributed by atoms with E-state index in [1.165, 1.54) is 0 Å². The van der Waals surface area contributed by atoms with Gasteiger partial charge in [-0.2, -0.15) is 9.97 Å². The molecule has 6 heteroatoms. The highest BCUT2D eigenvalue weighted by atomic mass is 15.1. The van der Waals surface area contributed by atoms with E-state index in [2.05, 4.69) is 32.2 Å². The third kappa shape index (κ3) is 2.74. The molecular weight excluding hydrogens is 264 g/mol. The standard InChI is InChI=1S/C15H16N6/c1-2-8-17-13-12-14(21-15(16)20-13)18-9-11(19-12)10-6-4-3-5-7-10/h3-7,9H,2,8H2,1H3,(H3,16,17,18,20,21). The summed E-state index contributed by atoms with van der Waals surface area (Å²) in [5, 5.41) is 3.22. The van der Waals surface area contributed by atoms with Gasteiger partial charge in [0.1, 0.15) is 0 Å². The van der Waals surface area contributed by atoms with E-state index < -0.39 is 0 Å². The van der Waals surface area contributed by atoms with Gasteiger partial charge in [0.25, 0.3) is 0 Å². The van der Waals surface area contributed by atoms with Gasteiger partial charge in [-0.25, -0.2) is 9.97 Å². The van der Waals surface area contributed by atoms with Crippen molar-refractivity contribution in [3.63, 3.8) is 0 Å². The summed E-state index contributed by atoms with van der Waals surface area (Å²) in [5.74, 6) is 0.826. The molecule has 0 amide bonds. The van der Waals surface area contributed by atoms with Gasteiger partial charge >= 0.3 is 0 Å². The van der Waals surface area contributed by atoms with Gasteiger partial charge < -0.3 is 11.1 Å². The molecule has 0 unspecified atom stereocenters. The van der Waals surface area contributed by atoms with Crippen LogP contribution in [0.1, 0.15) is 13.3 Å². The molecule has 1 aromatic carbocycles. The Kier molecular flexibility index (Phi) is 3.59. The lowest BCUT2D eigenvalue weighted by atomic mass is 10.2. The van der Waals surface area contributed by atoms with Crippen LogP contribution >= 0.6 is 0 Å². The number of nitrogens with one attached hydrogen (secondary N) is 1. The minimum Gasteiger partial charge on any atom is -0.368 e. The van der Waals surface area contributed by atoms with E-state index in [9.17, 15) is 0 Å². The van der Waals surface area contributed by atoms with Crippen LogP contribution in [0, 0.1) is 0 Å². The molecule has 21 heavy (non-hydrogen) atoms. The number of nitrogen functional groups attached to an aromatic ring is 1. The molecule has 106 valence electrons. The second-order valence-corrected chi connectivity index (χ2v) is 4.65. The van der Waals surface area contributed by atoms with Crippen LogP contribution in [0.15, 0.2) is 36.5 Å². The molecule has 0 saturated heterocycles. The van der Waals surface area contributed by atoms with Gasteiger partial charge in [0.15, 0.2) is 17.0 Å². The van der Waals surface area contributed by atoms with Crippen LogP contribution < -0.4 is 11.1 Å². The summed E-state index contributed by atoms with van der Waals surface area (Å²) in [4.78, 5) is 17.3. The number of rotatable bonds is 4. The Balaban J connectivity index is 2.13. The molecular formula is C15H16N6. The fourth-order valence-corrected chi connectivity index (χ4v) is 2.04. The summed E-state index contributed by atoms with van der Waals surface area (Å²) in [6, 6.07) is 9.89. The van der Waals surface area contributed by atoms with Gasteiger partial charge in [0.05, 0.1) is 11.9 Å². The highest BCUT2D eigenvalue weighted by molar-refractivity contribution is 5.85. The zero-order valence-electron chi connectivity index (χ0n) is 11.7. The van der Waals surface area contributed by atoms with Gasteiger partial charge in [0, 0.05) is 12.1 Å². The number of hydrogen-bond acceptors (Lipinski definition) is 6. The Bertz CT molecular complexity index is 757. The molecule has 0 aliphatic carbocycles. The Morgan fingerprint density at radius 3 is 2.67 bits per heavy atom. The monoisotopic (exact) mass is 280 g/mol. The highest BCUT2D eigenvalue weighted by Gasteiger charge is 2.10. The van der Waals surface area contributed by atoms with E-state index in [0.29, 0.717) is 17.0 Å². The Morgan fingerprint density at radius 2 is 1.90 bits per heavy atom. The average Bonchev–Trinajstić information content (AvgIpc) is 2.53. The smallest absolute Gasteiger partial charge is 0.224 e. The average molecular weight is 280 g/mol. The summed E-state index contributed by atoms with van der Waals surface area (Å²) in [5.41, 5.74) is 8.65. The first-order valence-corrected chi connectivity index (χ1v) is 6.87. The van der Waals surface area contributed by atoms with Gasteiger partial charge in [-0.3, -0.25) is 0 Å². The molecule has 2 aromatic heterocycles. The summed E-state index contributed by atoms with van der Waals surface area (Å²) in [7, 11) is 0. The van der Waals surface area contributed by atoms with Crippen LogP contribution in [0.2, 0.25) is 0 Å². The molecule has 0 bridgehead atoms. The third-order valence-corrected chi connectivity index (χ3v) is 3.04. The zero-order chi connectivity index (χ0) is 14.7. The summed E-state index contributed by atoms with van der Waals surface area (Å²) in [6.45, 7) is 2.88. The largest absolute Gasteiger partial charge is 0.368 e. The fourth-order valence-electron chi connectivity index (χ4n) is 2.04. The molecule has 3 N–H and O–H groups in total. The number of benzene rings is 1. The van der Waals surface area contributed by atoms with Gasteiger partial charge in [-0.1, -0.05) is 37.3 Å². The van der Waals surface area contributed by atoms with Crippen molar-refractivity contribution >= 4 is 22.9 Å². The normalized spacial score (nSPS) is 10.7. The van der Waals surface area contributed by atoms with Crippen LogP contribution in [0.5, 0.6) is 0 Å². The lowest BCUT2D eigenvalue weighted by Gasteiger charge is -2.08. The molecule has 3 rings (SSSR count). The first kappa shape index (κ1) is 13.2. The summed E-state index contributed by atoms with van der Waals surface area (Å²) >= 11 is 0. The van der Waals surface area contributed by atoms with Crippen LogP contribution in [-0.4, -0.2) is 26.5 Å². The topological polar surface area (TPSA) is 89.6 Å². The molecule has 0 aliphatic heterocycles. The summed E-state index contributed by atoms with van der Waals surface area (Å²) in [6.07, 6.45) is 2.69. The predicted molar refractivity (Wildman–Crippen MR) is 83.8 cm³/mol. The van der Waals surface area contributed by atoms with E-state index in [-0.39, 0.29) is 5.95 Å². The first-order valence-electron chi connectivity index (χ1n) is 6.87. The predicted octanol–water partition coefficient (Wildman–Crippen LogP) is 2.49. The van der Waals surface area contributed by atoms with Crippen LogP contribution in [0.4, 0.5) is 11.8 Å². The van der Waals surface area contributed by atoms with E-state index in [1.54, 1.807) is 6.20 Å². The third-order valence-electron chi connectivity index (χ3n) is 3.04. The number of aromatic nitrogens is 4. The number of fused-ring (bicyclic) bond motifs is 1. The van der Waals surface area contributed by atoms with E-state index in [0.717, 1.165) is 24.2 Å². The lowest BCUT2D eigenvalue weighted by molar-refractivity contribution is 0.968. The van der Waals surface area contributed by atoms with Crippen molar-refractivity contribution in [1.82, 2.24) is 19.9 Å². The van der Waals surface area contributed by atoms with Crippen molar-refractivity contribution in [2.75, 3.05) is 17.6 Å². The Morgan fingerprint density at radius 1 is 1.10 bits per heavy atom. The second kappa shape index (κ2) is 5.70. The maximum atomic E-state index is 5.72. The van der Waals surface area contributed by atoms with Gasteiger partial charge in [-0.15, -0.1) is 0 Å². The number of hydrogen-bond donors (Lipinski definition) is 2. The Labute approximate surface area is 122 Å². The number of nitrogens with two attached hydrogens (primary N) is 1. The van der Waals surface area contributed by atoms with Crippen molar-refractivity contribution in [2.45, 2.75) is 13.3 Å². The molecule has 0 aliphatic rings. The first-order chi connectivity index (χ1) is 10.3. The molecule has 2 heterocycles. The quantitative estimate of drug-likeness (QED) is 0.763. The van der Waals surface area contributed by atoms with Crippen molar-refractivity contribution in [3.8, 4) is 11.3 Å². The molecule has 3 aromatic rings. The molecule has 6 nitrogen and oxygen atoms in total. The second-order valence-electron chi connectivity index (χ2n) is 4.65. The SMILES string of the molecule is CCCNc1nc(N)nc2ncc(-c3ccccc3)nc12. The van der Waals surface area contributed by atoms with Crippen LogP contribution in [-0.2, 0) is 0 Å². The maximum Gasteiger partial charge on any atom is 0.224 e. The fraction of sp³-hybridized carbons (Fsp3) is 0.200. The Hall–Kier alpha value is -2.76. The zero-order valence-corrected chi connectivity index (χ0v) is 11.7. The number of nitrogens with zero attached hydrogens (tertiary/aromatic N) is 4. The van der Waals surface area contributed by atoms with Crippen LogP contribution in [0.25, 0.3) is 22.4 Å². The van der Waals surface area contributed by atoms with Crippen molar-refractivity contribution < 1.29 is 0 Å². The van der Waals surface area contributed by atoms with Crippen molar-refractivity contribution in [3.05, 3.63) is 36.5 Å². The van der Waals surface area contributed by atoms with Gasteiger partial charge in [-0.05, 0) is 6.42 Å². The van der Waals surface area contributed by atoms with E-state index in [1.807, 2.05) is 30.3 Å². The highest BCUT2D eigenvalue weighted by Crippen LogP contribution is 2.22. The van der Waals surface area contributed by atoms with E-state index >= 15 is 0 Å². The van der Waals surface area contributed by atoms with Crippen molar-refractivity contribution in [2.24, 2.45) is 0 Å². The molecule has 0 saturated carbocycles. The minimum atomic E-state index is 0.197. The lowest BCUT2D eigenvalue weighted by Crippen LogP contribution is -2.07. The molecule has 0 atom stereocenters. The number of anilines is 2. The summed E-state index contributed by atoms with van der Waals surface area (Å²) < 4.78 is 0. The molecule has 0 fully saturated rings. The molecule has 0 spiro atoms.